The van der Waals surface area contributed by atoms with Crippen molar-refractivity contribution in [3.05, 3.63) is 125 Å². The van der Waals surface area contributed by atoms with Gasteiger partial charge in [-0.25, -0.2) is 4.98 Å². The van der Waals surface area contributed by atoms with Crippen LogP contribution in [0.25, 0.3) is 17.3 Å². The number of ether oxygens (including phenoxy) is 2. The third-order valence-electron chi connectivity index (χ3n) is 6.83. The van der Waals surface area contributed by atoms with Gasteiger partial charge >= 0.3 is 0 Å². The quantitative estimate of drug-likeness (QED) is 0.0943. The van der Waals surface area contributed by atoms with E-state index in [0.29, 0.717) is 33.4 Å². The van der Waals surface area contributed by atoms with E-state index in [-0.39, 0.29) is 11.6 Å². The molecule has 238 valence electrons. The number of thiazole rings is 1. The predicted molar refractivity (Wildman–Crippen MR) is 188 cm³/mol. The second kappa shape index (κ2) is 15.7. The summed E-state index contributed by atoms with van der Waals surface area (Å²) in [6, 6.07) is 30.7. The summed E-state index contributed by atoms with van der Waals surface area (Å²) in [5.41, 5.74) is 3.31. The highest BCUT2D eigenvalue weighted by molar-refractivity contribution is 8.00. The maximum Gasteiger partial charge on any atom is 0.272 e. The number of carbonyl (C=O) groups excluding carboxylic acids is 3. The summed E-state index contributed by atoms with van der Waals surface area (Å²) in [6.07, 6.45) is 1.56. The molecule has 0 aliphatic carbocycles. The molecule has 1 heterocycles. The van der Waals surface area contributed by atoms with Crippen LogP contribution in [0.2, 0.25) is 0 Å². The molecule has 5 rings (SSSR count). The number of hydrogen-bond acceptors (Lipinski definition) is 8. The van der Waals surface area contributed by atoms with Gasteiger partial charge in [0, 0.05) is 27.1 Å². The number of benzene rings is 4. The fourth-order valence-corrected chi connectivity index (χ4v) is 6.08. The van der Waals surface area contributed by atoms with E-state index in [9.17, 15) is 14.4 Å². The Morgan fingerprint density at radius 1 is 0.830 bits per heavy atom. The van der Waals surface area contributed by atoms with Gasteiger partial charge in [-0.05, 0) is 61.0 Å². The van der Waals surface area contributed by atoms with Crippen LogP contribution in [0.1, 0.15) is 22.8 Å². The zero-order chi connectivity index (χ0) is 33.2. The van der Waals surface area contributed by atoms with Gasteiger partial charge in [-0.15, -0.1) is 23.1 Å². The van der Waals surface area contributed by atoms with Crippen LogP contribution in [0.4, 0.5) is 10.8 Å². The molecule has 0 saturated heterocycles. The Bertz CT molecular complexity index is 1890. The Labute approximate surface area is 281 Å². The topological polar surface area (TPSA) is 119 Å². The van der Waals surface area contributed by atoms with E-state index in [2.05, 4.69) is 20.9 Å². The van der Waals surface area contributed by atoms with Crippen molar-refractivity contribution >= 4 is 57.7 Å². The zero-order valence-electron chi connectivity index (χ0n) is 25.9. The van der Waals surface area contributed by atoms with Gasteiger partial charge in [-0.2, -0.15) is 0 Å². The molecule has 11 heteroatoms. The average Bonchev–Trinajstić information content (AvgIpc) is 3.57. The van der Waals surface area contributed by atoms with E-state index in [1.165, 1.54) is 37.3 Å². The van der Waals surface area contributed by atoms with Gasteiger partial charge < -0.3 is 25.4 Å². The number of amides is 3. The van der Waals surface area contributed by atoms with Gasteiger partial charge in [0.2, 0.25) is 5.91 Å². The number of nitrogens with zero attached hydrogens (tertiary/aromatic N) is 1. The molecule has 5 aromatic rings. The third kappa shape index (κ3) is 8.87. The molecule has 3 amide bonds. The van der Waals surface area contributed by atoms with E-state index in [1.54, 1.807) is 79.7 Å². The number of nitrogens with one attached hydrogen (secondary N) is 3. The molecule has 0 saturated carbocycles. The molecule has 0 spiro atoms. The van der Waals surface area contributed by atoms with Crippen molar-refractivity contribution in [2.75, 3.05) is 24.9 Å². The molecule has 0 aliphatic heterocycles. The van der Waals surface area contributed by atoms with Crippen LogP contribution < -0.4 is 25.4 Å². The first-order chi connectivity index (χ1) is 22.8. The minimum absolute atomic E-state index is 0.0233. The van der Waals surface area contributed by atoms with Crippen LogP contribution in [-0.4, -0.2) is 42.2 Å². The normalized spacial score (nSPS) is 11.7. The van der Waals surface area contributed by atoms with Crippen molar-refractivity contribution in [1.82, 2.24) is 10.3 Å². The van der Waals surface area contributed by atoms with Crippen molar-refractivity contribution in [3.8, 4) is 22.8 Å². The third-order valence-corrected chi connectivity index (χ3v) is 8.68. The summed E-state index contributed by atoms with van der Waals surface area (Å²) in [7, 11) is 3.06. The molecule has 1 unspecified atom stereocenters. The maximum absolute atomic E-state index is 13.6. The fraction of sp³-hybridized carbons (Fsp3) is 0.111. The predicted octanol–water partition coefficient (Wildman–Crippen LogP) is 7.36. The van der Waals surface area contributed by atoms with Gasteiger partial charge in [-0.3, -0.25) is 14.4 Å². The summed E-state index contributed by atoms with van der Waals surface area (Å²) in [5.74, 6) is -0.153. The summed E-state index contributed by atoms with van der Waals surface area (Å²) in [4.78, 5) is 44.9. The molecule has 0 bridgehead atoms. The summed E-state index contributed by atoms with van der Waals surface area (Å²) in [6.45, 7) is 1.81. The summed E-state index contributed by atoms with van der Waals surface area (Å²) in [5, 5.41) is 10.5. The summed E-state index contributed by atoms with van der Waals surface area (Å²) < 4.78 is 10.7. The lowest BCUT2D eigenvalue weighted by molar-refractivity contribution is -0.115. The Morgan fingerprint density at radius 3 is 2.28 bits per heavy atom. The molecule has 3 N–H and O–H groups in total. The monoisotopic (exact) mass is 664 g/mol. The lowest BCUT2D eigenvalue weighted by Gasteiger charge is -2.14. The van der Waals surface area contributed by atoms with Crippen LogP contribution in [-0.2, 0) is 9.59 Å². The molecule has 9 nitrogen and oxygen atoms in total. The smallest absolute Gasteiger partial charge is 0.272 e. The molecule has 0 aliphatic rings. The van der Waals surface area contributed by atoms with E-state index in [0.717, 1.165) is 16.2 Å². The minimum Gasteiger partial charge on any atom is -0.493 e. The second-order valence-electron chi connectivity index (χ2n) is 10.1. The number of anilines is 2. The van der Waals surface area contributed by atoms with Crippen molar-refractivity contribution in [2.45, 2.75) is 17.1 Å². The first kappa shape index (κ1) is 33.0. The second-order valence-corrected chi connectivity index (χ2v) is 12.4. The van der Waals surface area contributed by atoms with Gasteiger partial charge in [0.05, 0.1) is 25.2 Å². The van der Waals surface area contributed by atoms with Gasteiger partial charge in [-0.1, -0.05) is 60.7 Å². The van der Waals surface area contributed by atoms with Crippen molar-refractivity contribution in [3.63, 3.8) is 0 Å². The van der Waals surface area contributed by atoms with Crippen LogP contribution in [0.5, 0.6) is 11.5 Å². The van der Waals surface area contributed by atoms with Crippen molar-refractivity contribution < 1.29 is 23.9 Å². The standard InChI is InChI=1S/C36H32N4O5S2/c1-23(33(41)40-36-39-30(22-46-36)25-11-6-4-7-12-25)47-28-16-10-15-27(21-28)37-35(43)29(38-34(42)26-13-8-5-9-14-26)19-24-17-18-31(44-2)32(20-24)45-3/h4-23H,1-3H3,(H,37,43)(H,38,42)(H,39,40,41)/b29-19+. The van der Waals surface area contributed by atoms with Crippen LogP contribution >= 0.6 is 23.1 Å². The van der Waals surface area contributed by atoms with Crippen LogP contribution in [0.3, 0.4) is 0 Å². The van der Waals surface area contributed by atoms with Gasteiger partial charge in [0.25, 0.3) is 11.8 Å². The molecule has 1 aromatic heterocycles. The molecular formula is C36H32N4O5S2. The Hall–Kier alpha value is -5.39. The SMILES string of the molecule is COc1ccc(/C=C(/NC(=O)c2ccccc2)C(=O)Nc2cccc(SC(C)C(=O)Nc3nc(-c4ccccc4)cs3)c2)cc1OC. The number of methoxy groups -OCH3 is 2. The van der Waals surface area contributed by atoms with Crippen LogP contribution in [0.15, 0.2) is 119 Å². The lowest BCUT2D eigenvalue weighted by Crippen LogP contribution is -2.30. The van der Waals surface area contributed by atoms with E-state index in [1.807, 2.05) is 41.8 Å². The fourth-order valence-electron chi connectivity index (χ4n) is 4.43. The molecular weight excluding hydrogens is 633 g/mol. The molecule has 47 heavy (non-hydrogen) atoms. The van der Waals surface area contributed by atoms with E-state index >= 15 is 0 Å². The number of hydrogen-bond donors (Lipinski definition) is 3. The highest BCUT2D eigenvalue weighted by Gasteiger charge is 2.19. The Morgan fingerprint density at radius 2 is 1.55 bits per heavy atom. The Balaban J connectivity index is 1.29. The molecule has 0 fully saturated rings. The van der Waals surface area contributed by atoms with Gasteiger partial charge in [0.15, 0.2) is 16.6 Å². The zero-order valence-corrected chi connectivity index (χ0v) is 27.5. The molecule has 1 atom stereocenters. The largest absolute Gasteiger partial charge is 0.493 e. The highest BCUT2D eigenvalue weighted by Crippen LogP contribution is 2.30. The Kier molecular flexibility index (Phi) is 11.1. The maximum atomic E-state index is 13.6. The number of rotatable bonds is 12. The van der Waals surface area contributed by atoms with Crippen LogP contribution in [0, 0.1) is 0 Å². The van der Waals surface area contributed by atoms with Crippen molar-refractivity contribution in [2.24, 2.45) is 0 Å². The average molecular weight is 665 g/mol. The molecule has 0 radical (unpaired) electrons. The number of carbonyl (C=O) groups is 3. The number of aromatic nitrogens is 1. The minimum atomic E-state index is -0.532. The molecule has 4 aromatic carbocycles. The first-order valence-electron chi connectivity index (χ1n) is 14.5. The lowest BCUT2D eigenvalue weighted by atomic mass is 10.1. The first-order valence-corrected chi connectivity index (χ1v) is 16.3. The summed E-state index contributed by atoms with van der Waals surface area (Å²) >= 11 is 2.71. The van der Waals surface area contributed by atoms with Crippen molar-refractivity contribution in [1.29, 1.82) is 0 Å². The van der Waals surface area contributed by atoms with Gasteiger partial charge in [0.1, 0.15) is 5.70 Å². The highest BCUT2D eigenvalue weighted by atomic mass is 32.2. The van der Waals surface area contributed by atoms with E-state index < -0.39 is 17.1 Å². The van der Waals surface area contributed by atoms with E-state index in [4.69, 9.17) is 9.47 Å². The number of thioether (sulfide) groups is 1.